The van der Waals surface area contributed by atoms with Gasteiger partial charge in [-0.2, -0.15) is 0 Å². The first kappa shape index (κ1) is 10.5. The van der Waals surface area contributed by atoms with Crippen molar-refractivity contribution in [3.05, 3.63) is 36.7 Å². The Morgan fingerprint density at radius 3 is 3.00 bits per heavy atom. The highest BCUT2D eigenvalue weighted by Gasteiger charge is 2.16. The van der Waals surface area contributed by atoms with E-state index in [1.165, 1.54) is 10.8 Å². The molecule has 0 spiro atoms. The first-order valence-corrected chi connectivity index (χ1v) is 5.32. The lowest BCUT2D eigenvalue weighted by molar-refractivity contribution is -0.137. The molecular weight excluding hydrogens is 234 g/mol. The highest BCUT2D eigenvalue weighted by Crippen LogP contribution is 2.23. The fourth-order valence-corrected chi connectivity index (χ4v) is 1.84. The maximum Gasteiger partial charge on any atom is 0.323 e. The van der Waals surface area contributed by atoms with Crippen molar-refractivity contribution >= 4 is 17.1 Å². The first-order valence-electron chi connectivity index (χ1n) is 5.32. The summed E-state index contributed by atoms with van der Waals surface area (Å²) >= 11 is 0. The van der Waals surface area contributed by atoms with Gasteiger partial charge >= 0.3 is 5.97 Å². The Kier molecular flexibility index (Phi) is 2.33. The maximum absolute atomic E-state index is 10.9. The molecule has 0 fully saturated rings. The van der Waals surface area contributed by atoms with Crippen LogP contribution in [0.25, 0.3) is 22.7 Å². The highest BCUT2D eigenvalue weighted by molar-refractivity contribution is 5.78. The summed E-state index contributed by atoms with van der Waals surface area (Å²) in [5.74, 6) is 0.0399. The van der Waals surface area contributed by atoms with Crippen LogP contribution in [0.3, 0.4) is 0 Å². The minimum Gasteiger partial charge on any atom is -0.480 e. The average molecular weight is 243 g/mol. The van der Waals surface area contributed by atoms with Crippen molar-refractivity contribution in [3.63, 3.8) is 0 Å². The van der Waals surface area contributed by atoms with Crippen LogP contribution in [-0.4, -0.2) is 25.6 Å². The predicted octanol–water partition coefficient (Wildman–Crippen LogP) is 1.78. The Bertz CT molecular complexity index is 701. The molecule has 0 amide bonds. The van der Waals surface area contributed by atoms with Gasteiger partial charge in [-0.3, -0.25) is 9.36 Å². The highest BCUT2D eigenvalue weighted by atomic mass is 16.4. The molecule has 3 rings (SSSR count). The first-order chi connectivity index (χ1) is 8.75. The van der Waals surface area contributed by atoms with Gasteiger partial charge in [0, 0.05) is 6.20 Å². The van der Waals surface area contributed by atoms with E-state index in [9.17, 15) is 4.79 Å². The van der Waals surface area contributed by atoms with Gasteiger partial charge in [-0.25, -0.2) is 9.97 Å². The number of pyridine rings is 1. The van der Waals surface area contributed by atoms with Crippen LogP contribution in [0.1, 0.15) is 0 Å². The molecule has 0 aliphatic heterocycles. The molecule has 0 bridgehead atoms. The van der Waals surface area contributed by atoms with Gasteiger partial charge in [-0.15, -0.1) is 0 Å². The number of aliphatic carboxylic acids is 1. The van der Waals surface area contributed by atoms with Gasteiger partial charge in [-0.05, 0) is 24.3 Å². The lowest BCUT2D eigenvalue weighted by Crippen LogP contribution is -2.10. The normalized spacial score (nSPS) is 10.9. The van der Waals surface area contributed by atoms with E-state index in [1.807, 2.05) is 0 Å². The molecule has 0 saturated carbocycles. The number of carbonyl (C=O) groups is 1. The van der Waals surface area contributed by atoms with E-state index in [-0.39, 0.29) is 6.54 Å². The molecule has 0 atom stereocenters. The molecule has 6 nitrogen and oxygen atoms in total. The number of carboxylic acids is 1. The third-order valence-electron chi connectivity index (χ3n) is 2.54. The third-order valence-corrected chi connectivity index (χ3v) is 2.54. The molecule has 6 heteroatoms. The second kappa shape index (κ2) is 3.99. The topological polar surface area (TPSA) is 81.1 Å². The van der Waals surface area contributed by atoms with Gasteiger partial charge in [0.15, 0.2) is 17.2 Å². The second-order valence-corrected chi connectivity index (χ2v) is 3.74. The minimum absolute atomic E-state index is 0.205. The Morgan fingerprint density at radius 1 is 1.39 bits per heavy atom. The van der Waals surface area contributed by atoms with E-state index in [1.54, 1.807) is 30.5 Å². The van der Waals surface area contributed by atoms with Crippen molar-refractivity contribution in [1.82, 2.24) is 14.5 Å². The lowest BCUT2D eigenvalue weighted by atomic mass is 10.4. The molecule has 3 heterocycles. The van der Waals surface area contributed by atoms with E-state index in [0.29, 0.717) is 22.7 Å². The molecule has 0 saturated heterocycles. The zero-order chi connectivity index (χ0) is 12.5. The summed E-state index contributed by atoms with van der Waals surface area (Å²) in [6, 6.07) is 7.01. The van der Waals surface area contributed by atoms with Crippen LogP contribution in [0, 0.1) is 0 Å². The third kappa shape index (κ3) is 1.64. The van der Waals surface area contributed by atoms with Crippen molar-refractivity contribution in [2.75, 3.05) is 0 Å². The van der Waals surface area contributed by atoms with Crippen molar-refractivity contribution in [1.29, 1.82) is 0 Å². The van der Waals surface area contributed by atoms with Crippen molar-refractivity contribution in [2.45, 2.75) is 6.54 Å². The molecule has 90 valence electrons. The summed E-state index contributed by atoms with van der Waals surface area (Å²) in [4.78, 5) is 19.4. The van der Waals surface area contributed by atoms with Gasteiger partial charge in [-0.1, -0.05) is 0 Å². The van der Waals surface area contributed by atoms with Crippen LogP contribution in [0.15, 0.2) is 41.1 Å². The Hall–Kier alpha value is -2.63. The molecule has 3 aromatic heterocycles. The number of hydrogen-bond acceptors (Lipinski definition) is 4. The second-order valence-electron chi connectivity index (χ2n) is 3.74. The predicted molar refractivity (Wildman–Crippen MR) is 62.9 cm³/mol. The molecular formula is C12H9N3O3. The fraction of sp³-hybridized carbons (Fsp3) is 0.0833. The smallest absolute Gasteiger partial charge is 0.323 e. The SMILES string of the molecule is O=C(O)Cn1c(-c2ccco2)nc2cccnc21. The maximum atomic E-state index is 10.9. The van der Waals surface area contributed by atoms with E-state index >= 15 is 0 Å². The van der Waals surface area contributed by atoms with Gasteiger partial charge in [0.05, 0.1) is 6.26 Å². The summed E-state index contributed by atoms with van der Waals surface area (Å²) < 4.78 is 6.79. The Morgan fingerprint density at radius 2 is 2.28 bits per heavy atom. The van der Waals surface area contributed by atoms with Crippen molar-refractivity contribution < 1.29 is 14.3 Å². The summed E-state index contributed by atoms with van der Waals surface area (Å²) in [7, 11) is 0. The van der Waals surface area contributed by atoms with Crippen LogP contribution in [0.5, 0.6) is 0 Å². The molecule has 18 heavy (non-hydrogen) atoms. The van der Waals surface area contributed by atoms with E-state index in [2.05, 4.69) is 9.97 Å². The molecule has 1 N–H and O–H groups in total. The quantitative estimate of drug-likeness (QED) is 0.758. The van der Waals surface area contributed by atoms with Crippen molar-refractivity contribution in [2.24, 2.45) is 0 Å². The number of rotatable bonds is 3. The number of nitrogens with zero attached hydrogens (tertiary/aromatic N) is 3. The number of carboxylic acid groups (broad SMARTS) is 1. The van der Waals surface area contributed by atoms with Crippen LogP contribution in [-0.2, 0) is 11.3 Å². The average Bonchev–Trinajstić information content (AvgIpc) is 2.96. The zero-order valence-electron chi connectivity index (χ0n) is 9.28. The number of imidazole rings is 1. The van der Waals surface area contributed by atoms with Crippen LogP contribution >= 0.6 is 0 Å². The number of aromatic nitrogens is 3. The Balaban J connectivity index is 2.26. The van der Waals surface area contributed by atoms with Crippen LogP contribution in [0.2, 0.25) is 0 Å². The minimum atomic E-state index is -0.951. The standard InChI is InChI=1S/C12H9N3O3/c16-10(17)7-15-11-8(3-1-5-13-11)14-12(15)9-4-2-6-18-9/h1-6H,7H2,(H,16,17). The molecule has 0 aliphatic carbocycles. The molecule has 0 aliphatic rings. The zero-order valence-corrected chi connectivity index (χ0v) is 9.28. The van der Waals surface area contributed by atoms with Gasteiger partial charge in [0.25, 0.3) is 0 Å². The number of fused-ring (bicyclic) bond motifs is 1. The fourth-order valence-electron chi connectivity index (χ4n) is 1.84. The summed E-state index contributed by atoms with van der Waals surface area (Å²) in [6.45, 7) is -0.205. The van der Waals surface area contributed by atoms with Crippen molar-refractivity contribution in [3.8, 4) is 11.6 Å². The van der Waals surface area contributed by atoms with Gasteiger partial charge < -0.3 is 9.52 Å². The molecule has 0 aromatic carbocycles. The summed E-state index contributed by atoms with van der Waals surface area (Å²) in [5.41, 5.74) is 1.18. The van der Waals surface area contributed by atoms with E-state index < -0.39 is 5.97 Å². The van der Waals surface area contributed by atoms with Gasteiger partial charge in [0.1, 0.15) is 12.1 Å². The van der Waals surface area contributed by atoms with Crippen LogP contribution < -0.4 is 0 Å². The number of hydrogen-bond donors (Lipinski definition) is 1. The molecule has 3 aromatic rings. The van der Waals surface area contributed by atoms with E-state index in [0.717, 1.165) is 0 Å². The molecule has 0 radical (unpaired) electrons. The lowest BCUT2D eigenvalue weighted by Gasteiger charge is -2.02. The number of furan rings is 1. The van der Waals surface area contributed by atoms with E-state index in [4.69, 9.17) is 9.52 Å². The monoisotopic (exact) mass is 243 g/mol. The largest absolute Gasteiger partial charge is 0.480 e. The van der Waals surface area contributed by atoms with Crippen LogP contribution in [0.4, 0.5) is 0 Å². The molecule has 0 unspecified atom stereocenters. The Labute approximate surface area is 102 Å². The summed E-state index contributed by atoms with van der Waals surface area (Å²) in [6.07, 6.45) is 3.13. The summed E-state index contributed by atoms with van der Waals surface area (Å²) in [5, 5.41) is 8.96. The van der Waals surface area contributed by atoms with Gasteiger partial charge in [0.2, 0.25) is 0 Å².